The molecule has 0 aliphatic heterocycles. The van der Waals surface area contributed by atoms with Crippen molar-refractivity contribution in [2.24, 2.45) is 0 Å². The Morgan fingerprint density at radius 2 is 1.90 bits per heavy atom. The van der Waals surface area contributed by atoms with E-state index < -0.39 is 0 Å². The largest absolute Gasteiger partial charge is 0.316 e. The Kier molecular flexibility index (Phi) is 4.04. The van der Waals surface area contributed by atoms with E-state index in [0.29, 0.717) is 5.02 Å². The van der Waals surface area contributed by atoms with Gasteiger partial charge in [0, 0.05) is 23.3 Å². The van der Waals surface area contributed by atoms with Crippen molar-refractivity contribution in [1.82, 2.24) is 15.1 Å². The summed E-state index contributed by atoms with van der Waals surface area (Å²) in [6.07, 6.45) is 3.90. The van der Waals surface area contributed by atoms with Crippen LogP contribution in [0.1, 0.15) is 5.56 Å². The number of halogens is 1. The zero-order valence-corrected chi connectivity index (χ0v) is 12.5. The molecular weight excluding hydrogens is 282 g/mol. The Morgan fingerprint density at radius 1 is 1.10 bits per heavy atom. The predicted octanol–water partition coefficient (Wildman–Crippen LogP) is 3.91. The number of nitrogens with one attached hydrogen (secondary N) is 1. The summed E-state index contributed by atoms with van der Waals surface area (Å²) >= 11 is 6.13. The van der Waals surface area contributed by atoms with E-state index in [-0.39, 0.29) is 0 Å². The fourth-order valence-electron chi connectivity index (χ4n) is 2.32. The van der Waals surface area contributed by atoms with Crippen LogP contribution < -0.4 is 5.32 Å². The Balaban J connectivity index is 2.02. The van der Waals surface area contributed by atoms with Gasteiger partial charge in [-0.05, 0) is 30.3 Å². The van der Waals surface area contributed by atoms with Crippen LogP contribution >= 0.6 is 11.6 Å². The molecule has 1 heterocycles. The second kappa shape index (κ2) is 6.12. The normalized spacial score (nSPS) is 10.8. The zero-order chi connectivity index (χ0) is 14.7. The Hall–Kier alpha value is -2.10. The molecule has 3 rings (SSSR count). The molecule has 0 saturated heterocycles. The van der Waals surface area contributed by atoms with Crippen LogP contribution in [0.25, 0.3) is 16.8 Å². The number of hydrogen-bond acceptors (Lipinski definition) is 2. The number of rotatable bonds is 4. The second-order valence-electron chi connectivity index (χ2n) is 4.84. The van der Waals surface area contributed by atoms with Gasteiger partial charge in [-0.1, -0.05) is 48.0 Å². The molecule has 0 aliphatic rings. The molecule has 21 heavy (non-hydrogen) atoms. The lowest BCUT2D eigenvalue weighted by molar-refractivity contribution is 0.789. The highest BCUT2D eigenvalue weighted by molar-refractivity contribution is 6.30. The third-order valence-electron chi connectivity index (χ3n) is 3.35. The molecule has 2 aromatic carbocycles. The first-order chi connectivity index (χ1) is 10.3. The summed E-state index contributed by atoms with van der Waals surface area (Å²) in [5.74, 6) is 0. The van der Waals surface area contributed by atoms with E-state index in [1.54, 1.807) is 0 Å². The highest BCUT2D eigenvalue weighted by Crippen LogP contribution is 2.23. The summed E-state index contributed by atoms with van der Waals surface area (Å²) in [5, 5.41) is 8.35. The maximum absolute atomic E-state index is 6.13. The molecule has 1 aromatic heterocycles. The summed E-state index contributed by atoms with van der Waals surface area (Å²) in [6, 6.07) is 16.1. The van der Waals surface area contributed by atoms with E-state index in [1.807, 2.05) is 60.5 Å². The minimum absolute atomic E-state index is 0.710. The van der Waals surface area contributed by atoms with Crippen molar-refractivity contribution < 1.29 is 0 Å². The molecule has 0 amide bonds. The van der Waals surface area contributed by atoms with E-state index in [4.69, 9.17) is 11.6 Å². The van der Waals surface area contributed by atoms with Gasteiger partial charge in [-0.25, -0.2) is 4.68 Å². The molecule has 3 nitrogen and oxygen atoms in total. The SMILES string of the molecule is CNCc1ccc(Cl)cc1-n1cc(-c2ccccc2)cn1. The van der Waals surface area contributed by atoms with Crippen LogP contribution in [0.3, 0.4) is 0 Å². The van der Waals surface area contributed by atoms with Gasteiger partial charge in [-0.3, -0.25) is 0 Å². The van der Waals surface area contributed by atoms with Gasteiger partial charge < -0.3 is 5.32 Å². The summed E-state index contributed by atoms with van der Waals surface area (Å²) in [4.78, 5) is 0. The molecule has 0 fully saturated rings. The molecule has 0 atom stereocenters. The minimum atomic E-state index is 0.710. The Morgan fingerprint density at radius 3 is 2.67 bits per heavy atom. The highest BCUT2D eigenvalue weighted by Gasteiger charge is 2.08. The number of hydrogen-bond donors (Lipinski definition) is 1. The van der Waals surface area contributed by atoms with Gasteiger partial charge in [0.15, 0.2) is 0 Å². The third kappa shape index (κ3) is 2.99. The molecule has 106 valence electrons. The van der Waals surface area contributed by atoms with Crippen LogP contribution in [-0.2, 0) is 6.54 Å². The van der Waals surface area contributed by atoms with Gasteiger partial charge in [-0.15, -0.1) is 0 Å². The Labute approximate surface area is 129 Å². The molecule has 1 N–H and O–H groups in total. The van der Waals surface area contributed by atoms with Crippen molar-refractivity contribution in [2.75, 3.05) is 7.05 Å². The van der Waals surface area contributed by atoms with Gasteiger partial charge >= 0.3 is 0 Å². The average molecular weight is 298 g/mol. The van der Waals surface area contributed by atoms with Crippen molar-refractivity contribution in [3.8, 4) is 16.8 Å². The molecule has 3 aromatic rings. The van der Waals surface area contributed by atoms with E-state index in [0.717, 1.165) is 28.9 Å². The van der Waals surface area contributed by atoms with Crippen LogP contribution in [0.15, 0.2) is 60.9 Å². The predicted molar refractivity (Wildman–Crippen MR) is 86.8 cm³/mol. The number of benzene rings is 2. The van der Waals surface area contributed by atoms with E-state index >= 15 is 0 Å². The molecular formula is C17H16ClN3. The van der Waals surface area contributed by atoms with Crippen molar-refractivity contribution in [3.05, 3.63) is 71.5 Å². The fraction of sp³-hybridized carbons (Fsp3) is 0.118. The Bertz CT molecular complexity index is 735. The monoisotopic (exact) mass is 297 g/mol. The molecule has 0 bridgehead atoms. The summed E-state index contributed by atoms with van der Waals surface area (Å²) < 4.78 is 1.88. The summed E-state index contributed by atoms with van der Waals surface area (Å²) in [5.41, 5.74) is 4.40. The molecule has 0 aliphatic carbocycles. The van der Waals surface area contributed by atoms with Crippen LogP contribution in [0.4, 0.5) is 0 Å². The van der Waals surface area contributed by atoms with Crippen LogP contribution in [0.2, 0.25) is 5.02 Å². The van der Waals surface area contributed by atoms with Crippen LogP contribution in [0, 0.1) is 0 Å². The van der Waals surface area contributed by atoms with E-state index in [2.05, 4.69) is 22.5 Å². The topological polar surface area (TPSA) is 29.9 Å². The summed E-state index contributed by atoms with van der Waals surface area (Å²) in [7, 11) is 1.93. The molecule has 0 saturated carbocycles. The van der Waals surface area contributed by atoms with Crippen molar-refractivity contribution in [2.45, 2.75) is 6.54 Å². The molecule has 0 unspecified atom stereocenters. The van der Waals surface area contributed by atoms with Gasteiger partial charge in [0.2, 0.25) is 0 Å². The van der Waals surface area contributed by atoms with Gasteiger partial charge in [0.25, 0.3) is 0 Å². The quantitative estimate of drug-likeness (QED) is 0.791. The third-order valence-corrected chi connectivity index (χ3v) is 3.59. The molecule has 0 spiro atoms. The van der Waals surface area contributed by atoms with Crippen molar-refractivity contribution in [3.63, 3.8) is 0 Å². The number of aromatic nitrogens is 2. The molecule has 4 heteroatoms. The van der Waals surface area contributed by atoms with Crippen molar-refractivity contribution >= 4 is 11.6 Å². The highest BCUT2D eigenvalue weighted by atomic mass is 35.5. The van der Waals surface area contributed by atoms with Crippen molar-refractivity contribution in [1.29, 1.82) is 0 Å². The van der Waals surface area contributed by atoms with Gasteiger partial charge in [0.1, 0.15) is 0 Å². The van der Waals surface area contributed by atoms with Gasteiger partial charge in [-0.2, -0.15) is 5.10 Å². The van der Waals surface area contributed by atoms with E-state index in [1.165, 1.54) is 0 Å². The lowest BCUT2D eigenvalue weighted by Crippen LogP contribution is -2.09. The lowest BCUT2D eigenvalue weighted by atomic mass is 10.1. The average Bonchev–Trinajstić information content (AvgIpc) is 3.00. The lowest BCUT2D eigenvalue weighted by Gasteiger charge is -2.09. The van der Waals surface area contributed by atoms with Gasteiger partial charge in [0.05, 0.1) is 11.9 Å². The molecule has 0 radical (unpaired) electrons. The van der Waals surface area contributed by atoms with E-state index in [9.17, 15) is 0 Å². The number of nitrogens with zero attached hydrogens (tertiary/aromatic N) is 2. The standard InChI is InChI=1S/C17H16ClN3/c1-19-10-14-7-8-16(18)9-17(14)21-12-15(11-20-21)13-5-3-2-4-6-13/h2-9,11-12,19H,10H2,1H3. The zero-order valence-electron chi connectivity index (χ0n) is 11.8. The summed E-state index contributed by atoms with van der Waals surface area (Å²) in [6.45, 7) is 0.771. The maximum atomic E-state index is 6.13. The minimum Gasteiger partial charge on any atom is -0.316 e. The first kappa shape index (κ1) is 13.9. The van der Waals surface area contributed by atoms with Crippen LogP contribution in [-0.4, -0.2) is 16.8 Å². The van der Waals surface area contributed by atoms with Crippen LogP contribution in [0.5, 0.6) is 0 Å². The second-order valence-corrected chi connectivity index (χ2v) is 5.28. The smallest absolute Gasteiger partial charge is 0.0705 e. The maximum Gasteiger partial charge on any atom is 0.0705 e. The first-order valence-corrected chi connectivity index (χ1v) is 7.19. The first-order valence-electron chi connectivity index (χ1n) is 6.81. The fourth-order valence-corrected chi connectivity index (χ4v) is 2.49.